The van der Waals surface area contributed by atoms with Crippen molar-refractivity contribution >= 4 is 11.9 Å². The quantitative estimate of drug-likeness (QED) is 0.350. The number of unbranched alkanes of at least 4 members (excludes halogenated alkanes) is 2. The molecule has 17 heavy (non-hydrogen) atoms. The maximum atomic E-state index is 11.2. The van der Waals surface area contributed by atoms with E-state index in [9.17, 15) is 9.59 Å². The zero-order valence-corrected chi connectivity index (χ0v) is 10.0. The average Bonchev–Trinajstić information content (AvgIpc) is 2.26. The SMILES string of the molecule is C=CCCCC(CCCC=C)(C(=O)O)C(=O)O. The van der Waals surface area contributed by atoms with Crippen LogP contribution in [0.4, 0.5) is 0 Å². The summed E-state index contributed by atoms with van der Waals surface area (Å²) >= 11 is 0. The van der Waals surface area contributed by atoms with Gasteiger partial charge in [-0.25, -0.2) is 0 Å². The van der Waals surface area contributed by atoms with E-state index in [2.05, 4.69) is 13.2 Å². The van der Waals surface area contributed by atoms with Crippen LogP contribution in [-0.4, -0.2) is 22.2 Å². The molecule has 0 atom stereocenters. The Bertz CT molecular complexity index is 264. The third-order valence-electron chi connectivity index (χ3n) is 2.84. The summed E-state index contributed by atoms with van der Waals surface area (Å²) in [4.78, 5) is 22.4. The molecule has 0 aromatic carbocycles. The maximum absolute atomic E-state index is 11.2. The van der Waals surface area contributed by atoms with Gasteiger partial charge in [-0.3, -0.25) is 9.59 Å². The summed E-state index contributed by atoms with van der Waals surface area (Å²) < 4.78 is 0. The molecule has 0 aromatic rings. The molecule has 0 spiro atoms. The van der Waals surface area contributed by atoms with Gasteiger partial charge in [0.05, 0.1) is 0 Å². The lowest BCUT2D eigenvalue weighted by Crippen LogP contribution is -2.39. The van der Waals surface area contributed by atoms with Gasteiger partial charge in [-0.2, -0.15) is 0 Å². The normalized spacial score (nSPS) is 10.8. The van der Waals surface area contributed by atoms with Crippen LogP contribution in [0.25, 0.3) is 0 Å². The molecule has 0 aliphatic rings. The van der Waals surface area contributed by atoms with Gasteiger partial charge >= 0.3 is 11.9 Å². The molecule has 4 heteroatoms. The number of carbonyl (C=O) groups is 2. The van der Waals surface area contributed by atoms with E-state index >= 15 is 0 Å². The topological polar surface area (TPSA) is 74.6 Å². The summed E-state index contributed by atoms with van der Waals surface area (Å²) in [6, 6.07) is 0. The lowest BCUT2D eigenvalue weighted by atomic mass is 9.78. The second kappa shape index (κ2) is 7.65. The third kappa shape index (κ3) is 4.43. The fourth-order valence-electron chi connectivity index (χ4n) is 1.74. The molecule has 96 valence electrons. The summed E-state index contributed by atoms with van der Waals surface area (Å²) in [6.45, 7) is 7.07. The van der Waals surface area contributed by atoms with Crippen molar-refractivity contribution in [2.75, 3.05) is 0 Å². The summed E-state index contributed by atoms with van der Waals surface area (Å²) in [6.07, 6.45) is 5.91. The Kier molecular flexibility index (Phi) is 6.94. The Morgan fingerprint density at radius 3 is 1.53 bits per heavy atom. The minimum atomic E-state index is -1.66. The van der Waals surface area contributed by atoms with Crippen LogP contribution < -0.4 is 0 Å². The van der Waals surface area contributed by atoms with Crippen LogP contribution in [0.1, 0.15) is 38.5 Å². The van der Waals surface area contributed by atoms with Crippen LogP contribution in [-0.2, 0) is 9.59 Å². The van der Waals surface area contributed by atoms with Crippen molar-refractivity contribution in [1.29, 1.82) is 0 Å². The zero-order chi connectivity index (χ0) is 13.3. The van der Waals surface area contributed by atoms with E-state index in [0.29, 0.717) is 25.7 Å². The Labute approximate surface area is 102 Å². The van der Waals surface area contributed by atoms with E-state index < -0.39 is 17.4 Å². The van der Waals surface area contributed by atoms with Crippen LogP contribution in [0.2, 0.25) is 0 Å². The lowest BCUT2D eigenvalue weighted by molar-refractivity contribution is -0.166. The average molecular weight is 240 g/mol. The molecule has 0 fully saturated rings. The summed E-state index contributed by atoms with van der Waals surface area (Å²) in [5.74, 6) is -2.50. The van der Waals surface area contributed by atoms with Gasteiger partial charge in [0.15, 0.2) is 5.41 Å². The van der Waals surface area contributed by atoms with Crippen LogP contribution in [0, 0.1) is 5.41 Å². The van der Waals surface area contributed by atoms with Gasteiger partial charge in [0, 0.05) is 0 Å². The van der Waals surface area contributed by atoms with E-state index in [1.165, 1.54) is 0 Å². The molecule has 0 radical (unpaired) electrons. The first-order chi connectivity index (χ1) is 8.01. The number of rotatable bonds is 10. The highest BCUT2D eigenvalue weighted by molar-refractivity contribution is 5.98. The third-order valence-corrected chi connectivity index (χ3v) is 2.84. The largest absolute Gasteiger partial charge is 0.480 e. The van der Waals surface area contributed by atoms with E-state index in [0.717, 1.165) is 0 Å². The molecule has 0 saturated carbocycles. The molecule has 2 N–H and O–H groups in total. The van der Waals surface area contributed by atoms with Crippen molar-refractivity contribution < 1.29 is 19.8 Å². The maximum Gasteiger partial charge on any atom is 0.321 e. The highest BCUT2D eigenvalue weighted by Crippen LogP contribution is 2.32. The predicted molar refractivity (Wildman–Crippen MR) is 65.8 cm³/mol. The first-order valence-electron chi connectivity index (χ1n) is 5.70. The van der Waals surface area contributed by atoms with Crippen LogP contribution in [0.3, 0.4) is 0 Å². The number of hydrogen-bond acceptors (Lipinski definition) is 2. The van der Waals surface area contributed by atoms with Crippen LogP contribution >= 0.6 is 0 Å². The van der Waals surface area contributed by atoms with E-state index in [1.54, 1.807) is 12.2 Å². The van der Waals surface area contributed by atoms with Gasteiger partial charge in [0.25, 0.3) is 0 Å². The molecule has 0 bridgehead atoms. The van der Waals surface area contributed by atoms with Crippen molar-refractivity contribution in [3.8, 4) is 0 Å². The molecule has 0 saturated heterocycles. The van der Waals surface area contributed by atoms with Crippen molar-refractivity contribution in [2.24, 2.45) is 5.41 Å². The minimum absolute atomic E-state index is 0.140. The van der Waals surface area contributed by atoms with Gasteiger partial charge in [0.2, 0.25) is 0 Å². The second-order valence-corrected chi connectivity index (χ2v) is 4.05. The number of aliphatic carboxylic acids is 2. The highest BCUT2D eigenvalue weighted by atomic mass is 16.4. The van der Waals surface area contributed by atoms with E-state index in [-0.39, 0.29) is 12.8 Å². The zero-order valence-electron chi connectivity index (χ0n) is 10.0. The molecular weight excluding hydrogens is 220 g/mol. The number of hydrogen-bond donors (Lipinski definition) is 2. The molecular formula is C13H20O4. The highest BCUT2D eigenvalue weighted by Gasteiger charge is 2.45. The second-order valence-electron chi connectivity index (χ2n) is 4.05. The van der Waals surface area contributed by atoms with E-state index in [4.69, 9.17) is 10.2 Å². The Morgan fingerprint density at radius 1 is 0.941 bits per heavy atom. The lowest BCUT2D eigenvalue weighted by Gasteiger charge is -2.24. The number of allylic oxidation sites excluding steroid dienone is 2. The molecule has 0 unspecified atom stereocenters. The van der Waals surface area contributed by atoms with Gasteiger partial charge in [-0.05, 0) is 38.5 Å². The molecule has 0 rings (SSSR count). The smallest absolute Gasteiger partial charge is 0.321 e. The standard InChI is InChI=1S/C13H20O4/c1-3-5-7-9-13(11(14)15,12(16)17)10-8-6-4-2/h3-4H,1-2,5-10H2,(H,14,15)(H,16,17). The van der Waals surface area contributed by atoms with E-state index in [1.807, 2.05) is 0 Å². The molecule has 0 amide bonds. The number of carboxylic acid groups (broad SMARTS) is 2. The van der Waals surface area contributed by atoms with Gasteiger partial charge in [-0.15, -0.1) is 13.2 Å². The minimum Gasteiger partial charge on any atom is -0.480 e. The monoisotopic (exact) mass is 240 g/mol. The molecule has 0 aliphatic carbocycles. The van der Waals surface area contributed by atoms with Crippen molar-refractivity contribution in [3.63, 3.8) is 0 Å². The van der Waals surface area contributed by atoms with Gasteiger partial charge < -0.3 is 10.2 Å². The fraction of sp³-hybridized carbons (Fsp3) is 0.538. The number of carboxylic acids is 2. The molecule has 0 heterocycles. The Balaban J connectivity index is 4.73. The first kappa shape index (κ1) is 15.4. The van der Waals surface area contributed by atoms with Crippen molar-refractivity contribution in [2.45, 2.75) is 38.5 Å². The molecule has 0 aromatic heterocycles. The fourth-order valence-corrected chi connectivity index (χ4v) is 1.74. The first-order valence-corrected chi connectivity index (χ1v) is 5.70. The van der Waals surface area contributed by atoms with Crippen molar-refractivity contribution in [1.82, 2.24) is 0 Å². The Morgan fingerprint density at radius 2 is 1.29 bits per heavy atom. The van der Waals surface area contributed by atoms with Crippen molar-refractivity contribution in [3.05, 3.63) is 25.3 Å². The van der Waals surface area contributed by atoms with Crippen LogP contribution in [0.5, 0.6) is 0 Å². The summed E-state index contributed by atoms with van der Waals surface area (Å²) in [5, 5.41) is 18.3. The predicted octanol–water partition coefficient (Wildman–Crippen LogP) is 2.85. The van der Waals surface area contributed by atoms with Crippen LogP contribution in [0.15, 0.2) is 25.3 Å². The van der Waals surface area contributed by atoms with Gasteiger partial charge in [0.1, 0.15) is 0 Å². The molecule has 4 nitrogen and oxygen atoms in total. The Hall–Kier alpha value is -1.58. The van der Waals surface area contributed by atoms with Gasteiger partial charge in [-0.1, -0.05) is 12.2 Å². The molecule has 0 aliphatic heterocycles. The summed E-state index contributed by atoms with van der Waals surface area (Å²) in [7, 11) is 0. The summed E-state index contributed by atoms with van der Waals surface area (Å²) in [5.41, 5.74) is -1.66.